The quantitative estimate of drug-likeness (QED) is 0.556. The van der Waals surface area contributed by atoms with Crippen LogP contribution in [0.1, 0.15) is 12.5 Å². The van der Waals surface area contributed by atoms with E-state index in [1.54, 1.807) is 0 Å². The van der Waals surface area contributed by atoms with Crippen LogP contribution >= 0.6 is 0 Å². The van der Waals surface area contributed by atoms with Gasteiger partial charge in [0, 0.05) is 0 Å². The van der Waals surface area contributed by atoms with E-state index in [2.05, 4.69) is 50.2 Å². The molecular formula is C12H19N2+. The van der Waals surface area contributed by atoms with Crippen LogP contribution in [-0.2, 0) is 6.54 Å². The summed E-state index contributed by atoms with van der Waals surface area (Å²) >= 11 is 0. The number of rotatable bonds is 5. The summed E-state index contributed by atoms with van der Waals surface area (Å²) in [5, 5.41) is 0. The summed E-state index contributed by atoms with van der Waals surface area (Å²) < 4.78 is 0.689. The molecule has 0 aromatic heterocycles. The van der Waals surface area contributed by atoms with Gasteiger partial charge in [0.25, 0.3) is 0 Å². The van der Waals surface area contributed by atoms with Gasteiger partial charge in [-0.3, -0.25) is 0 Å². The summed E-state index contributed by atoms with van der Waals surface area (Å²) in [5.74, 6) is 0. The highest BCUT2D eigenvalue weighted by molar-refractivity contribution is 5.13. The molecule has 0 bridgehead atoms. The Morgan fingerprint density at radius 2 is 2.00 bits per heavy atom. The third kappa shape index (κ3) is 2.98. The summed E-state index contributed by atoms with van der Waals surface area (Å²) in [6.45, 7) is 7.83. The number of nitrogens with zero attached hydrogens (tertiary/aromatic N) is 1. The van der Waals surface area contributed by atoms with Crippen LogP contribution < -0.4 is 5.43 Å². The van der Waals surface area contributed by atoms with Crippen LogP contribution in [0.5, 0.6) is 0 Å². The molecule has 1 unspecified atom stereocenters. The molecular weight excluding hydrogens is 172 g/mol. The van der Waals surface area contributed by atoms with Crippen molar-refractivity contribution in [2.45, 2.75) is 13.5 Å². The Labute approximate surface area is 86.4 Å². The predicted molar refractivity (Wildman–Crippen MR) is 60.2 cm³/mol. The zero-order valence-corrected chi connectivity index (χ0v) is 9.03. The molecule has 0 saturated heterocycles. The van der Waals surface area contributed by atoms with E-state index in [1.165, 1.54) is 5.56 Å². The van der Waals surface area contributed by atoms with Gasteiger partial charge in [0.2, 0.25) is 0 Å². The largest absolute Gasteiger partial charge is 0.223 e. The average molecular weight is 191 g/mol. The Morgan fingerprint density at radius 3 is 2.50 bits per heavy atom. The van der Waals surface area contributed by atoms with E-state index < -0.39 is 0 Å². The summed E-state index contributed by atoms with van der Waals surface area (Å²) in [7, 11) is 2.11. The van der Waals surface area contributed by atoms with E-state index in [0.717, 1.165) is 13.1 Å². The van der Waals surface area contributed by atoms with Gasteiger partial charge in [-0.1, -0.05) is 30.3 Å². The number of quaternary nitrogens is 1. The van der Waals surface area contributed by atoms with Crippen molar-refractivity contribution in [3.8, 4) is 0 Å². The highest BCUT2D eigenvalue weighted by Crippen LogP contribution is 2.02. The lowest BCUT2D eigenvalue weighted by Crippen LogP contribution is -2.49. The fourth-order valence-electron chi connectivity index (χ4n) is 1.17. The maximum absolute atomic E-state index is 3.83. The minimum absolute atomic E-state index is 0.689. The number of nitrogens with one attached hydrogen (secondary N) is 1. The maximum Gasteiger partial charge on any atom is 0.108 e. The highest BCUT2D eigenvalue weighted by Gasteiger charge is 2.13. The lowest BCUT2D eigenvalue weighted by molar-refractivity contribution is -0.904. The molecule has 1 N–H and O–H groups in total. The van der Waals surface area contributed by atoms with Gasteiger partial charge in [0.1, 0.15) is 6.20 Å². The van der Waals surface area contributed by atoms with Crippen LogP contribution in [0.25, 0.3) is 0 Å². The molecule has 0 aliphatic rings. The van der Waals surface area contributed by atoms with Crippen molar-refractivity contribution in [3.63, 3.8) is 0 Å². The van der Waals surface area contributed by atoms with Crippen LogP contribution in [-0.4, -0.2) is 18.2 Å². The van der Waals surface area contributed by atoms with E-state index in [1.807, 2.05) is 12.3 Å². The molecule has 2 nitrogen and oxygen atoms in total. The van der Waals surface area contributed by atoms with E-state index in [4.69, 9.17) is 0 Å². The second-order valence-electron chi connectivity index (χ2n) is 3.59. The summed E-state index contributed by atoms with van der Waals surface area (Å²) in [6, 6.07) is 10.4. The molecule has 1 atom stereocenters. The third-order valence-electron chi connectivity index (χ3n) is 2.55. The Hall–Kier alpha value is -1.12. The summed E-state index contributed by atoms with van der Waals surface area (Å²) in [5.41, 5.74) is 4.73. The smallest absolute Gasteiger partial charge is 0.108 e. The van der Waals surface area contributed by atoms with E-state index in [0.29, 0.717) is 4.59 Å². The Balaban J connectivity index is 2.52. The Bertz CT molecular complexity index is 282. The van der Waals surface area contributed by atoms with Crippen LogP contribution in [0.3, 0.4) is 0 Å². The number of benzene rings is 1. The van der Waals surface area contributed by atoms with Gasteiger partial charge in [-0.25, -0.2) is 4.59 Å². The molecule has 0 aliphatic heterocycles. The first-order valence-corrected chi connectivity index (χ1v) is 4.98. The van der Waals surface area contributed by atoms with E-state index in [9.17, 15) is 0 Å². The van der Waals surface area contributed by atoms with Gasteiger partial charge in [-0.05, 0) is 19.1 Å². The van der Waals surface area contributed by atoms with Crippen molar-refractivity contribution in [2.75, 3.05) is 13.6 Å². The number of hydrogen-bond acceptors (Lipinski definition) is 1. The third-order valence-corrected chi connectivity index (χ3v) is 2.55. The second-order valence-corrected chi connectivity index (χ2v) is 3.59. The minimum Gasteiger partial charge on any atom is -0.223 e. The molecule has 1 rings (SSSR count). The molecule has 0 fully saturated rings. The van der Waals surface area contributed by atoms with Crippen molar-refractivity contribution in [3.05, 3.63) is 48.7 Å². The Kier molecular flexibility index (Phi) is 3.86. The van der Waals surface area contributed by atoms with Crippen LogP contribution in [0.4, 0.5) is 0 Å². The molecule has 0 aliphatic carbocycles. The molecule has 0 spiro atoms. The zero-order chi connectivity index (χ0) is 10.4. The van der Waals surface area contributed by atoms with Crippen molar-refractivity contribution in [1.29, 1.82) is 0 Å². The first-order valence-electron chi connectivity index (χ1n) is 4.98. The Morgan fingerprint density at radius 1 is 1.36 bits per heavy atom. The molecule has 0 heterocycles. The van der Waals surface area contributed by atoms with Gasteiger partial charge in [0.15, 0.2) is 0 Å². The molecule has 2 heteroatoms. The van der Waals surface area contributed by atoms with Crippen molar-refractivity contribution >= 4 is 0 Å². The van der Waals surface area contributed by atoms with Crippen molar-refractivity contribution in [2.24, 2.45) is 0 Å². The zero-order valence-electron chi connectivity index (χ0n) is 9.03. The lowest BCUT2D eigenvalue weighted by Gasteiger charge is -2.28. The second kappa shape index (κ2) is 4.94. The minimum atomic E-state index is 0.689. The van der Waals surface area contributed by atoms with E-state index >= 15 is 0 Å². The van der Waals surface area contributed by atoms with E-state index in [-0.39, 0.29) is 0 Å². The standard InChI is InChI=1S/C12H19N2/c1-4-14(3,5-2)13-11-12-9-7-6-8-10-12/h4,6-10,13H,1,5,11H2,2-3H3/q+1. The van der Waals surface area contributed by atoms with Crippen LogP contribution in [0, 0.1) is 0 Å². The lowest BCUT2D eigenvalue weighted by atomic mass is 10.2. The summed E-state index contributed by atoms with van der Waals surface area (Å²) in [4.78, 5) is 0. The molecule has 1 aromatic carbocycles. The number of hydrogen-bond donors (Lipinski definition) is 1. The molecule has 0 amide bonds. The SMILES string of the molecule is C=C[N+](C)(CC)NCc1ccccc1. The normalized spacial score (nSPS) is 14.7. The molecule has 0 saturated carbocycles. The van der Waals surface area contributed by atoms with Gasteiger partial charge < -0.3 is 0 Å². The maximum atomic E-state index is 3.83. The van der Waals surface area contributed by atoms with Crippen LogP contribution in [0.15, 0.2) is 43.1 Å². The monoisotopic (exact) mass is 191 g/mol. The highest BCUT2D eigenvalue weighted by atomic mass is 15.6. The molecule has 76 valence electrons. The molecule has 14 heavy (non-hydrogen) atoms. The topological polar surface area (TPSA) is 12.0 Å². The van der Waals surface area contributed by atoms with Gasteiger partial charge in [0.05, 0.1) is 20.1 Å². The molecule has 0 radical (unpaired) electrons. The van der Waals surface area contributed by atoms with Crippen molar-refractivity contribution in [1.82, 2.24) is 5.43 Å². The fourth-order valence-corrected chi connectivity index (χ4v) is 1.17. The van der Waals surface area contributed by atoms with Crippen molar-refractivity contribution < 1.29 is 4.59 Å². The van der Waals surface area contributed by atoms with Gasteiger partial charge >= 0.3 is 0 Å². The average Bonchev–Trinajstić information content (AvgIpc) is 2.27. The first kappa shape index (κ1) is 11.0. The van der Waals surface area contributed by atoms with Gasteiger partial charge in [-0.15, -0.1) is 0 Å². The first-order chi connectivity index (χ1) is 6.70. The predicted octanol–water partition coefficient (Wildman–Crippen LogP) is 2.30. The fraction of sp³-hybridized carbons (Fsp3) is 0.333. The van der Waals surface area contributed by atoms with Gasteiger partial charge in [-0.2, -0.15) is 5.43 Å². The summed E-state index contributed by atoms with van der Waals surface area (Å²) in [6.07, 6.45) is 1.92. The molecule has 1 aromatic rings. The van der Waals surface area contributed by atoms with Crippen LogP contribution in [0.2, 0.25) is 0 Å².